The van der Waals surface area contributed by atoms with Gasteiger partial charge in [0.25, 0.3) is 0 Å². The Kier molecular flexibility index (Phi) is 0.821. The van der Waals surface area contributed by atoms with Crippen molar-refractivity contribution in [2.45, 2.75) is 19.1 Å². The van der Waals surface area contributed by atoms with Gasteiger partial charge in [0.2, 0.25) is 0 Å². The SMILES string of the molecule is C[C@@H](O)[C@@H]1CO1. The zero-order valence-corrected chi connectivity index (χ0v) is 3.72. The summed E-state index contributed by atoms with van der Waals surface area (Å²) in [6.45, 7) is 2.48. The fraction of sp³-hybridized carbons (Fsp3) is 1.00. The Bertz CT molecular complexity index is 47.5. The van der Waals surface area contributed by atoms with Crippen molar-refractivity contribution in [2.24, 2.45) is 0 Å². The van der Waals surface area contributed by atoms with E-state index in [-0.39, 0.29) is 12.2 Å². The van der Waals surface area contributed by atoms with E-state index in [0.717, 1.165) is 6.61 Å². The van der Waals surface area contributed by atoms with Crippen LogP contribution in [0.3, 0.4) is 0 Å². The van der Waals surface area contributed by atoms with Crippen LogP contribution in [0.4, 0.5) is 0 Å². The Balaban J connectivity index is 2.13. The molecule has 0 aromatic heterocycles. The van der Waals surface area contributed by atoms with Gasteiger partial charge in [0.15, 0.2) is 0 Å². The molecule has 0 aromatic carbocycles. The van der Waals surface area contributed by atoms with Gasteiger partial charge in [-0.2, -0.15) is 0 Å². The van der Waals surface area contributed by atoms with Crippen molar-refractivity contribution in [3.8, 4) is 0 Å². The summed E-state index contributed by atoms with van der Waals surface area (Å²) in [4.78, 5) is 0. The Hall–Kier alpha value is -0.0800. The van der Waals surface area contributed by atoms with Gasteiger partial charge < -0.3 is 9.84 Å². The Morgan fingerprint density at radius 2 is 2.50 bits per heavy atom. The minimum Gasteiger partial charge on any atom is -0.391 e. The zero-order chi connectivity index (χ0) is 4.57. The molecular formula is C4H8O2. The molecule has 1 fully saturated rings. The van der Waals surface area contributed by atoms with E-state index in [1.165, 1.54) is 0 Å². The lowest BCUT2D eigenvalue weighted by Crippen LogP contribution is -2.07. The lowest BCUT2D eigenvalue weighted by molar-refractivity contribution is 0.153. The first-order valence-electron chi connectivity index (χ1n) is 2.10. The lowest BCUT2D eigenvalue weighted by Gasteiger charge is -1.90. The highest BCUT2D eigenvalue weighted by Crippen LogP contribution is 2.12. The molecule has 1 saturated heterocycles. The van der Waals surface area contributed by atoms with E-state index in [1.54, 1.807) is 6.92 Å². The molecule has 2 atom stereocenters. The van der Waals surface area contributed by atoms with Gasteiger partial charge in [0.1, 0.15) is 6.10 Å². The van der Waals surface area contributed by atoms with E-state index in [2.05, 4.69) is 0 Å². The molecule has 1 rings (SSSR count). The summed E-state index contributed by atoms with van der Waals surface area (Å²) < 4.78 is 4.72. The number of aliphatic hydroxyl groups excluding tert-OH is 1. The van der Waals surface area contributed by atoms with Crippen LogP contribution in [0, 0.1) is 0 Å². The normalized spacial score (nSPS) is 36.0. The number of hydrogen-bond donors (Lipinski definition) is 1. The van der Waals surface area contributed by atoms with Crippen LogP contribution in [0.5, 0.6) is 0 Å². The predicted octanol–water partition coefficient (Wildman–Crippen LogP) is -0.234. The highest BCUT2D eigenvalue weighted by Gasteiger charge is 2.27. The molecule has 2 heteroatoms. The van der Waals surface area contributed by atoms with Gasteiger partial charge in [0, 0.05) is 0 Å². The van der Waals surface area contributed by atoms with Crippen LogP contribution < -0.4 is 0 Å². The first-order chi connectivity index (χ1) is 2.80. The van der Waals surface area contributed by atoms with E-state index in [9.17, 15) is 0 Å². The third-order valence-corrected chi connectivity index (χ3v) is 0.897. The first-order valence-corrected chi connectivity index (χ1v) is 2.10. The van der Waals surface area contributed by atoms with Crippen LogP contribution >= 0.6 is 0 Å². The minimum absolute atomic E-state index is 0.157. The highest BCUT2D eigenvalue weighted by molar-refractivity contribution is 4.73. The van der Waals surface area contributed by atoms with Crippen molar-refractivity contribution in [3.05, 3.63) is 0 Å². The molecule has 0 amide bonds. The molecule has 0 saturated carbocycles. The van der Waals surface area contributed by atoms with E-state index in [0.29, 0.717) is 0 Å². The molecule has 0 spiro atoms. The third kappa shape index (κ3) is 0.698. The average molecular weight is 88.1 g/mol. The molecule has 2 nitrogen and oxygen atoms in total. The number of aliphatic hydroxyl groups is 1. The maximum Gasteiger partial charge on any atom is 0.106 e. The molecule has 1 heterocycles. The number of rotatable bonds is 1. The predicted molar refractivity (Wildman–Crippen MR) is 21.4 cm³/mol. The van der Waals surface area contributed by atoms with Crippen molar-refractivity contribution in [2.75, 3.05) is 6.61 Å². The highest BCUT2D eigenvalue weighted by atomic mass is 16.6. The maximum absolute atomic E-state index is 8.57. The zero-order valence-electron chi connectivity index (χ0n) is 3.72. The van der Waals surface area contributed by atoms with Crippen LogP contribution in [-0.4, -0.2) is 23.9 Å². The van der Waals surface area contributed by atoms with Gasteiger partial charge in [-0.1, -0.05) is 0 Å². The topological polar surface area (TPSA) is 32.8 Å². The second-order valence-electron chi connectivity index (χ2n) is 1.61. The van der Waals surface area contributed by atoms with Crippen LogP contribution in [0.15, 0.2) is 0 Å². The Morgan fingerprint density at radius 3 is 2.50 bits per heavy atom. The molecule has 0 radical (unpaired) electrons. The summed E-state index contributed by atoms with van der Waals surface area (Å²) in [7, 11) is 0. The summed E-state index contributed by atoms with van der Waals surface area (Å²) >= 11 is 0. The van der Waals surface area contributed by atoms with Crippen molar-refractivity contribution < 1.29 is 9.84 Å². The summed E-state index contributed by atoms with van der Waals surface area (Å²) in [6, 6.07) is 0. The number of epoxide rings is 1. The van der Waals surface area contributed by atoms with E-state index >= 15 is 0 Å². The van der Waals surface area contributed by atoms with E-state index in [4.69, 9.17) is 9.84 Å². The Labute approximate surface area is 36.7 Å². The largest absolute Gasteiger partial charge is 0.391 e. The molecule has 36 valence electrons. The smallest absolute Gasteiger partial charge is 0.106 e. The molecular weight excluding hydrogens is 80.0 g/mol. The maximum atomic E-state index is 8.57. The van der Waals surface area contributed by atoms with Crippen LogP contribution in [-0.2, 0) is 4.74 Å². The first kappa shape index (κ1) is 4.09. The lowest BCUT2D eigenvalue weighted by atomic mass is 10.3. The van der Waals surface area contributed by atoms with Crippen LogP contribution in [0.2, 0.25) is 0 Å². The number of ether oxygens (including phenoxy) is 1. The molecule has 1 aliphatic rings. The fourth-order valence-corrected chi connectivity index (χ4v) is 0.334. The summed E-state index contributed by atoms with van der Waals surface area (Å²) in [6.07, 6.45) is -0.102. The fourth-order valence-electron chi connectivity index (χ4n) is 0.334. The average Bonchev–Trinajstić information content (AvgIpc) is 2.06. The third-order valence-electron chi connectivity index (χ3n) is 0.897. The molecule has 6 heavy (non-hydrogen) atoms. The molecule has 0 bridgehead atoms. The summed E-state index contributed by atoms with van der Waals surface area (Å²) in [5.41, 5.74) is 0. The van der Waals surface area contributed by atoms with Gasteiger partial charge in [-0.3, -0.25) is 0 Å². The second-order valence-corrected chi connectivity index (χ2v) is 1.61. The molecule has 0 aromatic rings. The molecule has 0 unspecified atom stereocenters. The van der Waals surface area contributed by atoms with Gasteiger partial charge >= 0.3 is 0 Å². The van der Waals surface area contributed by atoms with E-state index in [1.807, 2.05) is 0 Å². The van der Waals surface area contributed by atoms with Gasteiger partial charge in [-0.25, -0.2) is 0 Å². The summed E-state index contributed by atoms with van der Waals surface area (Å²) in [5, 5.41) is 8.57. The second kappa shape index (κ2) is 1.21. The minimum atomic E-state index is -0.259. The molecule has 1 aliphatic heterocycles. The molecule has 1 N–H and O–H groups in total. The van der Waals surface area contributed by atoms with Crippen LogP contribution in [0.1, 0.15) is 6.92 Å². The standard InChI is InChI=1S/C4H8O2/c1-3(5)4-2-6-4/h3-5H,2H2,1H3/t3-,4+/m1/s1. The van der Waals surface area contributed by atoms with E-state index < -0.39 is 0 Å². The van der Waals surface area contributed by atoms with Crippen LogP contribution in [0.25, 0.3) is 0 Å². The van der Waals surface area contributed by atoms with Crippen molar-refractivity contribution in [1.82, 2.24) is 0 Å². The van der Waals surface area contributed by atoms with Gasteiger partial charge in [-0.15, -0.1) is 0 Å². The quantitative estimate of drug-likeness (QED) is 0.449. The van der Waals surface area contributed by atoms with Crippen molar-refractivity contribution in [1.29, 1.82) is 0 Å². The Morgan fingerprint density at radius 1 is 2.00 bits per heavy atom. The van der Waals surface area contributed by atoms with Crippen molar-refractivity contribution in [3.63, 3.8) is 0 Å². The monoisotopic (exact) mass is 88.1 g/mol. The molecule has 0 aliphatic carbocycles. The summed E-state index contributed by atoms with van der Waals surface area (Å²) in [5.74, 6) is 0. The van der Waals surface area contributed by atoms with Gasteiger partial charge in [-0.05, 0) is 6.92 Å². The number of hydrogen-bond acceptors (Lipinski definition) is 2. The van der Waals surface area contributed by atoms with Crippen molar-refractivity contribution >= 4 is 0 Å². The van der Waals surface area contributed by atoms with Gasteiger partial charge in [0.05, 0.1) is 12.7 Å².